The fourth-order valence-electron chi connectivity index (χ4n) is 2.56. The Bertz CT molecular complexity index is 1150. The van der Waals surface area contributed by atoms with Crippen LogP contribution in [-0.2, 0) is 11.3 Å². The number of benzene rings is 2. The highest BCUT2D eigenvalue weighted by atomic mass is 35.5. The summed E-state index contributed by atoms with van der Waals surface area (Å²) in [5.41, 5.74) is 1.82. The predicted octanol–water partition coefficient (Wildman–Crippen LogP) is 3.81. The number of fused-ring (bicyclic) bond motifs is 1. The van der Waals surface area contributed by atoms with Gasteiger partial charge in [0.15, 0.2) is 5.13 Å². The molecule has 0 unspecified atom stereocenters. The molecule has 0 bridgehead atoms. The van der Waals surface area contributed by atoms with Crippen LogP contribution in [0, 0.1) is 0 Å². The van der Waals surface area contributed by atoms with Crippen molar-refractivity contribution in [3.63, 3.8) is 0 Å². The topological polar surface area (TPSA) is 76.9 Å². The third-order valence-electron chi connectivity index (χ3n) is 3.87. The summed E-state index contributed by atoms with van der Waals surface area (Å²) in [6, 6.07) is 16.1. The first kappa shape index (κ1) is 17.4. The number of anilines is 1. The summed E-state index contributed by atoms with van der Waals surface area (Å²) < 4.78 is 2.24. The lowest BCUT2D eigenvalue weighted by molar-refractivity contribution is -0.116. The van der Waals surface area contributed by atoms with Gasteiger partial charge in [0.1, 0.15) is 6.54 Å². The van der Waals surface area contributed by atoms with Gasteiger partial charge >= 0.3 is 0 Å². The molecule has 1 N–H and O–H groups in total. The SMILES string of the molecule is O=C(Cn1cnc(-c2ccc(Cl)cc2)cc1=O)Nc1nc2ccccc2s1. The van der Waals surface area contributed by atoms with Gasteiger partial charge < -0.3 is 5.32 Å². The van der Waals surface area contributed by atoms with Crippen LogP contribution in [0.25, 0.3) is 21.5 Å². The normalized spacial score (nSPS) is 10.9. The summed E-state index contributed by atoms with van der Waals surface area (Å²) in [4.78, 5) is 33.2. The van der Waals surface area contributed by atoms with Crippen molar-refractivity contribution in [1.29, 1.82) is 0 Å². The van der Waals surface area contributed by atoms with Crippen molar-refractivity contribution in [2.24, 2.45) is 0 Å². The number of carbonyl (C=O) groups excluding carboxylic acids is 1. The third-order valence-corrected chi connectivity index (χ3v) is 5.08. The largest absolute Gasteiger partial charge is 0.300 e. The molecule has 2 aromatic carbocycles. The summed E-state index contributed by atoms with van der Waals surface area (Å²) in [5.74, 6) is -0.336. The van der Waals surface area contributed by atoms with Gasteiger partial charge in [-0.25, -0.2) is 9.97 Å². The van der Waals surface area contributed by atoms with E-state index in [1.807, 2.05) is 24.3 Å². The second kappa shape index (κ2) is 7.30. The van der Waals surface area contributed by atoms with Gasteiger partial charge in [-0.15, -0.1) is 0 Å². The fourth-order valence-corrected chi connectivity index (χ4v) is 3.57. The van der Waals surface area contributed by atoms with E-state index in [1.54, 1.807) is 24.3 Å². The molecule has 0 aliphatic carbocycles. The maximum Gasteiger partial charge on any atom is 0.254 e. The lowest BCUT2D eigenvalue weighted by Gasteiger charge is -2.06. The highest BCUT2D eigenvalue weighted by Crippen LogP contribution is 2.25. The Morgan fingerprint density at radius 2 is 1.93 bits per heavy atom. The molecule has 4 rings (SSSR count). The molecule has 4 aromatic rings. The van der Waals surface area contributed by atoms with Crippen LogP contribution in [0.5, 0.6) is 0 Å². The molecule has 0 fully saturated rings. The van der Waals surface area contributed by atoms with Crippen LogP contribution in [0.3, 0.4) is 0 Å². The number of hydrogen-bond acceptors (Lipinski definition) is 5. The first-order valence-electron chi connectivity index (χ1n) is 8.06. The molecule has 1 amide bonds. The van der Waals surface area contributed by atoms with Gasteiger partial charge in [-0.3, -0.25) is 14.2 Å². The Balaban J connectivity index is 1.49. The van der Waals surface area contributed by atoms with Gasteiger partial charge in [0.25, 0.3) is 5.56 Å². The highest BCUT2D eigenvalue weighted by Gasteiger charge is 2.10. The Kier molecular flexibility index (Phi) is 4.70. The number of aromatic nitrogens is 3. The standard InChI is InChI=1S/C19H13ClN4O2S/c20-13-7-5-12(6-8-13)15-9-18(26)24(11-21-15)10-17(25)23-19-22-14-3-1-2-4-16(14)27-19/h1-9,11H,10H2,(H,22,23,25). The Morgan fingerprint density at radius 1 is 1.15 bits per heavy atom. The zero-order valence-corrected chi connectivity index (χ0v) is 15.5. The third kappa shape index (κ3) is 3.89. The average molecular weight is 397 g/mol. The molecule has 0 aliphatic rings. The molecule has 2 heterocycles. The van der Waals surface area contributed by atoms with Crippen molar-refractivity contribution in [2.45, 2.75) is 6.54 Å². The molecule has 27 heavy (non-hydrogen) atoms. The number of rotatable bonds is 4. The van der Waals surface area contributed by atoms with Crippen molar-refractivity contribution in [3.8, 4) is 11.3 Å². The van der Waals surface area contributed by atoms with Crippen molar-refractivity contribution in [2.75, 3.05) is 5.32 Å². The van der Waals surface area contributed by atoms with E-state index in [1.165, 1.54) is 28.3 Å². The Morgan fingerprint density at radius 3 is 2.67 bits per heavy atom. The molecule has 0 radical (unpaired) electrons. The Labute approximate surface area is 163 Å². The number of nitrogens with zero attached hydrogens (tertiary/aromatic N) is 3. The zero-order valence-electron chi connectivity index (χ0n) is 13.9. The lowest BCUT2D eigenvalue weighted by atomic mass is 10.1. The maximum atomic E-state index is 12.3. The number of hydrogen-bond donors (Lipinski definition) is 1. The molecular formula is C19H13ClN4O2S. The van der Waals surface area contributed by atoms with E-state index < -0.39 is 0 Å². The molecule has 6 nitrogen and oxygen atoms in total. The van der Waals surface area contributed by atoms with Crippen LogP contribution >= 0.6 is 22.9 Å². The van der Waals surface area contributed by atoms with E-state index in [0.717, 1.165) is 15.8 Å². The molecule has 0 saturated carbocycles. The van der Waals surface area contributed by atoms with E-state index in [2.05, 4.69) is 15.3 Å². The smallest absolute Gasteiger partial charge is 0.254 e. The number of amides is 1. The van der Waals surface area contributed by atoms with Crippen molar-refractivity contribution in [1.82, 2.24) is 14.5 Å². The molecular weight excluding hydrogens is 384 g/mol. The number of halogens is 1. The molecule has 0 aliphatic heterocycles. The van der Waals surface area contributed by atoms with E-state index in [-0.39, 0.29) is 18.0 Å². The molecule has 8 heteroatoms. The second-order valence-corrected chi connectivity index (χ2v) is 7.25. The van der Waals surface area contributed by atoms with Crippen molar-refractivity contribution >= 4 is 44.2 Å². The first-order valence-corrected chi connectivity index (χ1v) is 9.26. The summed E-state index contributed by atoms with van der Waals surface area (Å²) in [6.07, 6.45) is 1.37. The first-order chi connectivity index (χ1) is 13.1. The lowest BCUT2D eigenvalue weighted by Crippen LogP contribution is -2.27. The average Bonchev–Trinajstić information content (AvgIpc) is 3.06. The molecule has 2 aromatic heterocycles. The van der Waals surface area contributed by atoms with Crippen LogP contribution in [-0.4, -0.2) is 20.4 Å². The van der Waals surface area contributed by atoms with Gasteiger partial charge in [-0.05, 0) is 24.3 Å². The summed E-state index contributed by atoms with van der Waals surface area (Å²) in [6.45, 7) is -0.136. The number of thiazole rings is 1. The summed E-state index contributed by atoms with van der Waals surface area (Å²) in [5, 5.41) is 3.84. The maximum absolute atomic E-state index is 12.3. The van der Waals surface area contributed by atoms with Gasteiger partial charge in [0, 0.05) is 16.7 Å². The van der Waals surface area contributed by atoms with Crippen LogP contribution in [0.1, 0.15) is 0 Å². The summed E-state index contributed by atoms with van der Waals surface area (Å²) in [7, 11) is 0. The Hall–Kier alpha value is -3.03. The van der Waals surface area contributed by atoms with Crippen LogP contribution in [0.2, 0.25) is 5.02 Å². The zero-order chi connectivity index (χ0) is 18.8. The van der Waals surface area contributed by atoms with E-state index in [0.29, 0.717) is 15.8 Å². The number of para-hydroxylation sites is 1. The second-order valence-electron chi connectivity index (χ2n) is 5.78. The highest BCUT2D eigenvalue weighted by molar-refractivity contribution is 7.22. The quantitative estimate of drug-likeness (QED) is 0.569. The van der Waals surface area contributed by atoms with E-state index >= 15 is 0 Å². The fraction of sp³-hybridized carbons (Fsp3) is 0.0526. The van der Waals surface area contributed by atoms with E-state index in [9.17, 15) is 9.59 Å². The van der Waals surface area contributed by atoms with Crippen LogP contribution < -0.4 is 10.9 Å². The van der Waals surface area contributed by atoms with Crippen LogP contribution in [0.4, 0.5) is 5.13 Å². The minimum Gasteiger partial charge on any atom is -0.300 e. The van der Waals surface area contributed by atoms with Crippen molar-refractivity contribution < 1.29 is 4.79 Å². The minimum atomic E-state index is -0.336. The number of nitrogens with one attached hydrogen (secondary N) is 1. The predicted molar refractivity (Wildman–Crippen MR) is 107 cm³/mol. The van der Waals surface area contributed by atoms with Gasteiger partial charge in [-0.2, -0.15) is 0 Å². The van der Waals surface area contributed by atoms with Crippen molar-refractivity contribution in [3.05, 3.63) is 76.3 Å². The molecule has 0 spiro atoms. The summed E-state index contributed by atoms with van der Waals surface area (Å²) >= 11 is 7.25. The monoisotopic (exact) mass is 396 g/mol. The minimum absolute atomic E-state index is 0.136. The van der Waals surface area contributed by atoms with Gasteiger partial charge in [-0.1, -0.05) is 47.2 Å². The molecule has 134 valence electrons. The van der Waals surface area contributed by atoms with Crippen LogP contribution in [0.15, 0.2) is 65.7 Å². The van der Waals surface area contributed by atoms with E-state index in [4.69, 9.17) is 11.6 Å². The van der Waals surface area contributed by atoms with Gasteiger partial charge in [0.05, 0.1) is 22.2 Å². The van der Waals surface area contributed by atoms with Gasteiger partial charge in [0.2, 0.25) is 5.91 Å². The number of carbonyl (C=O) groups is 1. The molecule has 0 saturated heterocycles. The molecule has 0 atom stereocenters.